The van der Waals surface area contributed by atoms with Crippen LogP contribution in [0.3, 0.4) is 0 Å². The zero-order chi connectivity index (χ0) is 30.2. The van der Waals surface area contributed by atoms with Crippen LogP contribution in [0.15, 0.2) is 65.6 Å². The summed E-state index contributed by atoms with van der Waals surface area (Å²) in [6, 6.07) is 10.9. The fraction of sp³-hybridized carbons (Fsp3) is 0.357. The van der Waals surface area contributed by atoms with E-state index < -0.39 is 44.8 Å². The van der Waals surface area contributed by atoms with Crippen LogP contribution in [-0.2, 0) is 16.2 Å². The van der Waals surface area contributed by atoms with Crippen molar-refractivity contribution in [1.82, 2.24) is 4.90 Å². The lowest BCUT2D eigenvalue weighted by molar-refractivity contribution is -0.137. The number of piperazine rings is 1. The largest absolute Gasteiger partial charge is 0.435 e. The minimum Gasteiger partial charge on any atom is -0.435 e. The summed E-state index contributed by atoms with van der Waals surface area (Å²) in [5, 5.41) is 9.24. The number of aliphatic hydroxyl groups excluding tert-OH is 1. The van der Waals surface area contributed by atoms with Gasteiger partial charge in [0.1, 0.15) is 11.6 Å². The number of halogens is 6. The number of rotatable bonds is 8. The molecule has 42 heavy (non-hydrogen) atoms. The number of anilines is 2. The highest BCUT2D eigenvalue weighted by Crippen LogP contribution is 2.43. The normalized spacial score (nSPS) is 17.8. The van der Waals surface area contributed by atoms with Crippen LogP contribution in [0.2, 0.25) is 0 Å². The van der Waals surface area contributed by atoms with E-state index >= 15 is 0 Å². The number of hydrogen-bond acceptors (Lipinski definition) is 6. The van der Waals surface area contributed by atoms with E-state index in [2.05, 4.69) is 9.64 Å². The Kier molecular flexibility index (Phi) is 8.32. The molecule has 1 fully saturated rings. The number of sulfonamides is 1. The maximum Gasteiger partial charge on any atom is 0.416 e. The summed E-state index contributed by atoms with van der Waals surface area (Å²) < 4.78 is 114. The Morgan fingerprint density at radius 3 is 2.45 bits per heavy atom. The highest BCUT2D eigenvalue weighted by atomic mass is 32.2. The summed E-state index contributed by atoms with van der Waals surface area (Å²) in [7, 11) is -4.52. The molecule has 0 saturated carbocycles. The number of ether oxygens (including phenoxy) is 1. The number of alkyl halides is 5. The highest BCUT2D eigenvalue weighted by molar-refractivity contribution is 7.92. The summed E-state index contributed by atoms with van der Waals surface area (Å²) in [4.78, 5) is 3.56. The van der Waals surface area contributed by atoms with Gasteiger partial charge in [0, 0.05) is 38.9 Å². The van der Waals surface area contributed by atoms with Crippen LogP contribution < -0.4 is 13.9 Å². The topological polar surface area (TPSA) is 73.3 Å². The Balaban J connectivity index is 1.60. The van der Waals surface area contributed by atoms with Crippen molar-refractivity contribution in [2.75, 3.05) is 48.5 Å². The molecule has 0 amide bonds. The average Bonchev–Trinajstić information content (AvgIpc) is 2.94. The molecule has 5 rings (SSSR count). The summed E-state index contributed by atoms with van der Waals surface area (Å²) in [6.45, 7) is -1.08. The van der Waals surface area contributed by atoms with Gasteiger partial charge in [-0.3, -0.25) is 9.21 Å². The van der Waals surface area contributed by atoms with E-state index in [1.807, 2.05) is 4.90 Å². The van der Waals surface area contributed by atoms with Crippen LogP contribution >= 0.6 is 0 Å². The molecular weight excluding hydrogens is 588 g/mol. The van der Waals surface area contributed by atoms with Gasteiger partial charge in [0.15, 0.2) is 0 Å². The van der Waals surface area contributed by atoms with E-state index in [1.165, 1.54) is 12.1 Å². The van der Waals surface area contributed by atoms with Crippen LogP contribution in [0.25, 0.3) is 11.1 Å². The third-order valence-electron chi connectivity index (χ3n) is 7.31. The number of nitrogens with zero attached hydrogens (tertiary/aromatic N) is 3. The lowest BCUT2D eigenvalue weighted by atomic mass is 10.00. The molecule has 2 aliphatic heterocycles. The van der Waals surface area contributed by atoms with Gasteiger partial charge in [-0.25, -0.2) is 12.8 Å². The van der Waals surface area contributed by atoms with E-state index in [1.54, 1.807) is 12.1 Å². The number of fused-ring (bicyclic) bond motifs is 3. The molecule has 3 aromatic rings. The van der Waals surface area contributed by atoms with Gasteiger partial charge in [0.05, 0.1) is 34.4 Å². The maximum atomic E-state index is 14.3. The summed E-state index contributed by atoms with van der Waals surface area (Å²) >= 11 is 0. The Bertz CT molecular complexity index is 1550. The quantitative estimate of drug-likeness (QED) is 0.352. The summed E-state index contributed by atoms with van der Waals surface area (Å²) in [5.41, 5.74) is -0.0221. The Morgan fingerprint density at radius 1 is 0.952 bits per heavy atom. The van der Waals surface area contributed by atoms with Crippen molar-refractivity contribution in [2.45, 2.75) is 30.1 Å². The predicted molar refractivity (Wildman–Crippen MR) is 144 cm³/mol. The molecule has 0 aromatic heterocycles. The van der Waals surface area contributed by atoms with Crippen molar-refractivity contribution < 1.29 is 44.6 Å². The van der Waals surface area contributed by atoms with Gasteiger partial charge < -0.3 is 14.7 Å². The Hall–Kier alpha value is -3.49. The highest BCUT2D eigenvalue weighted by Gasteiger charge is 2.41. The van der Waals surface area contributed by atoms with E-state index in [0.717, 1.165) is 34.6 Å². The summed E-state index contributed by atoms with van der Waals surface area (Å²) in [6.07, 6.45) is -4.23. The van der Waals surface area contributed by atoms with Gasteiger partial charge in [-0.2, -0.15) is 22.0 Å². The maximum absolute atomic E-state index is 14.3. The molecule has 2 aliphatic rings. The molecular formula is C28H27F6N3O4S. The molecule has 0 spiro atoms. The monoisotopic (exact) mass is 615 g/mol. The molecule has 0 radical (unpaired) electrons. The first-order valence-electron chi connectivity index (χ1n) is 13.1. The van der Waals surface area contributed by atoms with Crippen molar-refractivity contribution >= 4 is 21.4 Å². The third-order valence-corrected chi connectivity index (χ3v) is 9.08. The van der Waals surface area contributed by atoms with Crippen molar-refractivity contribution in [2.24, 2.45) is 0 Å². The van der Waals surface area contributed by atoms with E-state index in [9.17, 15) is 39.9 Å². The molecule has 0 aliphatic carbocycles. The first kappa shape index (κ1) is 30.0. The molecule has 1 N–H and O–H groups in total. The smallest absolute Gasteiger partial charge is 0.416 e. The second kappa shape index (κ2) is 11.7. The standard InChI is InChI=1S/C28H27F6N3O4S/c29-21-11-19(12-23(15-21)41-27(30)31)18-5-6-25-26(13-18)37(17-22-16-35(7-2-10-38)8-9-36(22)25)42(39,40)24-4-1-3-20(14-24)28(32,33)34/h1,3-6,11-15,22,27,38H,2,7-10,16-17H2/t22-/m0/s1. The van der Waals surface area contributed by atoms with Gasteiger partial charge in [-0.15, -0.1) is 0 Å². The lowest BCUT2D eigenvalue weighted by Gasteiger charge is -2.49. The number of hydrogen-bond donors (Lipinski definition) is 1. The van der Waals surface area contributed by atoms with Crippen molar-refractivity contribution in [3.8, 4) is 16.9 Å². The molecule has 7 nitrogen and oxygen atoms in total. The lowest BCUT2D eigenvalue weighted by Crippen LogP contribution is -2.60. The van der Waals surface area contributed by atoms with E-state index in [0.29, 0.717) is 44.4 Å². The predicted octanol–water partition coefficient (Wildman–Crippen LogP) is 5.19. The van der Waals surface area contributed by atoms with Crippen LogP contribution in [0.1, 0.15) is 12.0 Å². The first-order chi connectivity index (χ1) is 19.9. The molecule has 3 aromatic carbocycles. The molecule has 0 bridgehead atoms. The molecule has 0 unspecified atom stereocenters. The second-order valence-electron chi connectivity index (χ2n) is 10.0. The van der Waals surface area contributed by atoms with Crippen molar-refractivity contribution in [3.63, 3.8) is 0 Å². The Morgan fingerprint density at radius 2 is 1.74 bits per heavy atom. The minimum absolute atomic E-state index is 0.00328. The van der Waals surface area contributed by atoms with Gasteiger partial charge in [-0.1, -0.05) is 12.1 Å². The zero-order valence-corrected chi connectivity index (χ0v) is 22.9. The van der Waals surface area contributed by atoms with Crippen LogP contribution in [0, 0.1) is 5.82 Å². The minimum atomic E-state index is -4.76. The van der Waals surface area contributed by atoms with Gasteiger partial charge >= 0.3 is 12.8 Å². The second-order valence-corrected chi connectivity index (χ2v) is 11.9. The van der Waals surface area contributed by atoms with E-state index in [-0.39, 0.29) is 36.0 Å². The number of aliphatic hydroxyl groups is 1. The fourth-order valence-corrected chi connectivity index (χ4v) is 6.97. The SMILES string of the molecule is O=S(=O)(c1cccc(C(F)(F)F)c1)N1C[C@@H]2CN(CCCO)CCN2c2ccc(-c3cc(F)cc(OC(F)F)c3)cc21. The van der Waals surface area contributed by atoms with E-state index in [4.69, 9.17) is 0 Å². The van der Waals surface area contributed by atoms with Crippen molar-refractivity contribution in [3.05, 3.63) is 72.0 Å². The third kappa shape index (κ3) is 6.15. The molecule has 2 heterocycles. The fourth-order valence-electron chi connectivity index (χ4n) is 5.41. The first-order valence-corrected chi connectivity index (χ1v) is 14.5. The number of benzene rings is 3. The van der Waals surface area contributed by atoms with Crippen LogP contribution in [0.5, 0.6) is 5.75 Å². The molecule has 14 heteroatoms. The zero-order valence-electron chi connectivity index (χ0n) is 22.1. The Labute approximate surface area is 238 Å². The van der Waals surface area contributed by atoms with Gasteiger partial charge in [0.2, 0.25) is 0 Å². The van der Waals surface area contributed by atoms with Crippen molar-refractivity contribution in [1.29, 1.82) is 0 Å². The average molecular weight is 616 g/mol. The summed E-state index contributed by atoms with van der Waals surface area (Å²) in [5.74, 6) is -1.28. The van der Waals surface area contributed by atoms with Gasteiger partial charge in [0.25, 0.3) is 10.0 Å². The molecule has 1 saturated heterocycles. The van der Waals surface area contributed by atoms with Crippen LogP contribution in [-0.4, -0.2) is 70.4 Å². The van der Waals surface area contributed by atoms with Gasteiger partial charge in [-0.05, 0) is 60.0 Å². The molecule has 1 atom stereocenters. The van der Waals surface area contributed by atoms with Crippen LogP contribution in [0.4, 0.5) is 37.7 Å². The molecule has 226 valence electrons.